The summed E-state index contributed by atoms with van der Waals surface area (Å²) in [5.74, 6) is 0.341. The number of para-hydroxylation sites is 1. The lowest BCUT2D eigenvalue weighted by molar-refractivity contribution is -0.116. The van der Waals surface area contributed by atoms with Crippen molar-refractivity contribution in [3.05, 3.63) is 59.6 Å². The lowest BCUT2D eigenvalue weighted by Gasteiger charge is -2.05. The summed E-state index contributed by atoms with van der Waals surface area (Å²) in [5.41, 5.74) is 4.12. The Hall–Kier alpha value is -2.89. The first-order valence-electron chi connectivity index (χ1n) is 7.46. The van der Waals surface area contributed by atoms with Crippen molar-refractivity contribution in [2.24, 2.45) is 0 Å². The molecule has 0 aliphatic heterocycles. The standard InChI is InChI=1S/C17H18N4O2/c1-12-15(8-9-17(22)18-16-10-11-23-20-16)13(2)21(19-12)14-6-4-3-5-7-14/h3-7,10-11H,8-9H2,1-2H3,(H,18,20,22). The van der Waals surface area contributed by atoms with Gasteiger partial charge < -0.3 is 9.84 Å². The SMILES string of the molecule is Cc1nn(-c2ccccc2)c(C)c1CCC(=O)Nc1ccon1. The van der Waals surface area contributed by atoms with Crippen molar-refractivity contribution in [3.63, 3.8) is 0 Å². The Balaban J connectivity index is 1.71. The molecule has 1 aromatic carbocycles. The first-order chi connectivity index (χ1) is 11.1. The zero-order valence-corrected chi connectivity index (χ0v) is 13.1. The van der Waals surface area contributed by atoms with Crippen LogP contribution in [0.3, 0.4) is 0 Å². The topological polar surface area (TPSA) is 73.0 Å². The molecule has 0 spiro atoms. The number of aromatic nitrogens is 3. The summed E-state index contributed by atoms with van der Waals surface area (Å²) < 4.78 is 6.61. The van der Waals surface area contributed by atoms with Crippen molar-refractivity contribution in [1.29, 1.82) is 0 Å². The van der Waals surface area contributed by atoms with E-state index in [1.54, 1.807) is 6.07 Å². The number of amides is 1. The number of hydrogen-bond donors (Lipinski definition) is 1. The Morgan fingerprint density at radius 3 is 2.70 bits per heavy atom. The van der Waals surface area contributed by atoms with Crippen LogP contribution >= 0.6 is 0 Å². The van der Waals surface area contributed by atoms with Gasteiger partial charge in [-0.1, -0.05) is 23.4 Å². The number of carbonyl (C=O) groups excluding carboxylic acids is 1. The van der Waals surface area contributed by atoms with Crippen LogP contribution in [0.2, 0.25) is 0 Å². The van der Waals surface area contributed by atoms with Gasteiger partial charge in [-0.2, -0.15) is 5.10 Å². The molecule has 0 bridgehead atoms. The molecule has 3 rings (SSSR count). The molecule has 6 heteroatoms. The molecule has 6 nitrogen and oxygen atoms in total. The average Bonchev–Trinajstić information content (AvgIpc) is 3.15. The zero-order chi connectivity index (χ0) is 16.2. The van der Waals surface area contributed by atoms with Gasteiger partial charge in [0.1, 0.15) is 6.26 Å². The number of nitrogens with one attached hydrogen (secondary N) is 1. The summed E-state index contributed by atoms with van der Waals surface area (Å²) in [6.45, 7) is 4.00. The maximum Gasteiger partial charge on any atom is 0.225 e. The minimum absolute atomic E-state index is 0.0924. The van der Waals surface area contributed by atoms with E-state index in [2.05, 4.69) is 15.6 Å². The molecule has 118 valence electrons. The molecule has 3 aromatic rings. The van der Waals surface area contributed by atoms with Gasteiger partial charge in [-0.25, -0.2) is 4.68 Å². The van der Waals surface area contributed by atoms with Crippen LogP contribution in [0.15, 0.2) is 47.2 Å². The third-order valence-electron chi connectivity index (χ3n) is 3.75. The van der Waals surface area contributed by atoms with Crippen LogP contribution in [-0.2, 0) is 11.2 Å². The van der Waals surface area contributed by atoms with E-state index < -0.39 is 0 Å². The molecule has 0 aliphatic carbocycles. The molecule has 0 saturated carbocycles. The van der Waals surface area contributed by atoms with Crippen molar-refractivity contribution in [3.8, 4) is 5.69 Å². The van der Waals surface area contributed by atoms with E-state index >= 15 is 0 Å². The number of nitrogens with zero attached hydrogens (tertiary/aromatic N) is 3. The Morgan fingerprint density at radius 1 is 1.22 bits per heavy atom. The highest BCUT2D eigenvalue weighted by molar-refractivity contribution is 5.89. The molecule has 1 N–H and O–H groups in total. The van der Waals surface area contributed by atoms with Gasteiger partial charge in [-0.15, -0.1) is 0 Å². The highest BCUT2D eigenvalue weighted by Gasteiger charge is 2.14. The fourth-order valence-corrected chi connectivity index (χ4v) is 2.58. The van der Waals surface area contributed by atoms with Gasteiger partial charge in [0.25, 0.3) is 0 Å². The molecular formula is C17H18N4O2. The third kappa shape index (κ3) is 3.31. The van der Waals surface area contributed by atoms with Gasteiger partial charge in [-0.05, 0) is 38.0 Å². The summed E-state index contributed by atoms with van der Waals surface area (Å²) in [6, 6.07) is 11.6. The second-order valence-corrected chi connectivity index (χ2v) is 5.33. The number of aryl methyl sites for hydroxylation is 1. The van der Waals surface area contributed by atoms with E-state index in [4.69, 9.17) is 4.52 Å². The lowest BCUT2D eigenvalue weighted by Crippen LogP contribution is -2.13. The maximum atomic E-state index is 12.0. The monoisotopic (exact) mass is 310 g/mol. The Kier molecular flexibility index (Phi) is 4.23. The van der Waals surface area contributed by atoms with Gasteiger partial charge in [-0.3, -0.25) is 4.79 Å². The molecule has 2 heterocycles. The second-order valence-electron chi connectivity index (χ2n) is 5.33. The normalized spacial score (nSPS) is 10.7. The molecule has 0 radical (unpaired) electrons. The average molecular weight is 310 g/mol. The van der Waals surface area contributed by atoms with Gasteiger partial charge in [0.2, 0.25) is 5.91 Å². The van der Waals surface area contributed by atoms with Gasteiger partial charge in [0, 0.05) is 18.2 Å². The molecule has 0 unspecified atom stereocenters. The van der Waals surface area contributed by atoms with E-state index in [-0.39, 0.29) is 5.91 Å². The summed E-state index contributed by atoms with van der Waals surface area (Å²) in [4.78, 5) is 12.0. The number of anilines is 1. The Morgan fingerprint density at radius 2 is 2.00 bits per heavy atom. The fourth-order valence-electron chi connectivity index (χ4n) is 2.58. The van der Waals surface area contributed by atoms with Crippen molar-refractivity contribution in [2.45, 2.75) is 26.7 Å². The second kappa shape index (κ2) is 6.48. The summed E-state index contributed by atoms with van der Waals surface area (Å²) in [6.07, 6.45) is 2.43. The van der Waals surface area contributed by atoms with E-state index in [0.29, 0.717) is 18.7 Å². The molecule has 2 aromatic heterocycles. The maximum absolute atomic E-state index is 12.0. The zero-order valence-electron chi connectivity index (χ0n) is 13.1. The molecule has 23 heavy (non-hydrogen) atoms. The third-order valence-corrected chi connectivity index (χ3v) is 3.75. The first-order valence-corrected chi connectivity index (χ1v) is 7.46. The number of hydrogen-bond acceptors (Lipinski definition) is 4. The number of rotatable bonds is 5. The Labute approximate surface area is 134 Å². The van der Waals surface area contributed by atoms with Crippen LogP contribution in [0.5, 0.6) is 0 Å². The van der Waals surface area contributed by atoms with Crippen LogP contribution in [-0.4, -0.2) is 20.8 Å². The minimum Gasteiger partial charge on any atom is -0.363 e. The van der Waals surface area contributed by atoms with Crippen LogP contribution in [0.4, 0.5) is 5.82 Å². The van der Waals surface area contributed by atoms with Gasteiger partial charge in [0.05, 0.1) is 11.4 Å². The highest BCUT2D eigenvalue weighted by Crippen LogP contribution is 2.19. The molecule has 0 fully saturated rings. The minimum atomic E-state index is -0.0924. The van der Waals surface area contributed by atoms with Crippen LogP contribution < -0.4 is 5.32 Å². The molecular weight excluding hydrogens is 292 g/mol. The first kappa shape index (κ1) is 15.0. The van der Waals surface area contributed by atoms with Gasteiger partial charge >= 0.3 is 0 Å². The van der Waals surface area contributed by atoms with Gasteiger partial charge in [0.15, 0.2) is 5.82 Å². The van der Waals surface area contributed by atoms with E-state index in [1.807, 2.05) is 48.9 Å². The Bertz CT molecular complexity index is 792. The summed E-state index contributed by atoms with van der Waals surface area (Å²) in [7, 11) is 0. The summed E-state index contributed by atoms with van der Waals surface area (Å²) in [5, 5.41) is 11.0. The van der Waals surface area contributed by atoms with Crippen molar-refractivity contribution in [2.75, 3.05) is 5.32 Å². The van der Waals surface area contributed by atoms with E-state index in [1.165, 1.54) is 6.26 Å². The largest absolute Gasteiger partial charge is 0.363 e. The van der Waals surface area contributed by atoms with Crippen molar-refractivity contribution < 1.29 is 9.32 Å². The van der Waals surface area contributed by atoms with Crippen molar-refractivity contribution >= 4 is 11.7 Å². The number of carbonyl (C=O) groups is 1. The number of benzene rings is 1. The molecule has 0 aliphatic rings. The summed E-state index contributed by atoms with van der Waals surface area (Å²) >= 11 is 0. The molecule has 0 saturated heterocycles. The van der Waals surface area contributed by atoms with Crippen LogP contribution in [0, 0.1) is 13.8 Å². The lowest BCUT2D eigenvalue weighted by atomic mass is 10.1. The predicted molar refractivity (Wildman–Crippen MR) is 86.5 cm³/mol. The van der Waals surface area contributed by atoms with Crippen molar-refractivity contribution in [1.82, 2.24) is 14.9 Å². The van der Waals surface area contributed by atoms with Crippen LogP contribution in [0.1, 0.15) is 23.4 Å². The van der Waals surface area contributed by atoms with E-state index in [9.17, 15) is 4.79 Å². The highest BCUT2D eigenvalue weighted by atomic mass is 16.5. The smallest absolute Gasteiger partial charge is 0.225 e. The molecule has 0 atom stereocenters. The fraction of sp³-hybridized carbons (Fsp3) is 0.235. The van der Waals surface area contributed by atoms with Crippen LogP contribution in [0.25, 0.3) is 5.69 Å². The quantitative estimate of drug-likeness (QED) is 0.786. The van der Waals surface area contributed by atoms with E-state index in [0.717, 1.165) is 22.6 Å². The predicted octanol–water partition coefficient (Wildman–Crippen LogP) is 3.05. The molecule has 1 amide bonds.